The summed E-state index contributed by atoms with van der Waals surface area (Å²) in [4.78, 5) is 25.6. The average Bonchev–Trinajstić information content (AvgIpc) is 3.97. The Morgan fingerprint density at radius 3 is 1.82 bits per heavy atom. The highest BCUT2D eigenvalue weighted by Gasteiger charge is 2.22. The lowest BCUT2D eigenvalue weighted by atomic mass is 10.0. The third kappa shape index (κ3) is 5.15. The van der Waals surface area contributed by atoms with E-state index in [0.717, 1.165) is 71.9 Å². The van der Waals surface area contributed by atoms with Crippen LogP contribution in [0.15, 0.2) is 173 Å². The Bertz CT molecular complexity index is 3540. The Morgan fingerprint density at radius 2 is 1.00 bits per heavy atom. The molecule has 0 saturated heterocycles. The van der Waals surface area contributed by atoms with Gasteiger partial charge in [-0.3, -0.25) is 0 Å². The van der Waals surface area contributed by atoms with E-state index >= 15 is 0 Å². The molecule has 0 aliphatic rings. The van der Waals surface area contributed by atoms with Gasteiger partial charge in [-0.15, -0.1) is 11.3 Å². The van der Waals surface area contributed by atoms with Gasteiger partial charge in [-0.05, 0) is 48.5 Å². The van der Waals surface area contributed by atoms with Crippen LogP contribution in [0.1, 0.15) is 0 Å². The van der Waals surface area contributed by atoms with E-state index in [1.807, 2.05) is 109 Å². The predicted molar refractivity (Wildman–Crippen MR) is 230 cm³/mol. The summed E-state index contributed by atoms with van der Waals surface area (Å²) in [6.07, 6.45) is 0. The summed E-state index contributed by atoms with van der Waals surface area (Å²) in [6.45, 7) is 0. The molecule has 7 aromatic carbocycles. The number of fused-ring (bicyclic) bond motifs is 9. The van der Waals surface area contributed by atoms with Gasteiger partial charge in [0.1, 0.15) is 28.0 Å². The lowest BCUT2D eigenvalue weighted by Gasteiger charge is -2.09. The maximum atomic E-state index is 6.49. The molecule has 0 fully saturated rings. The van der Waals surface area contributed by atoms with Gasteiger partial charge >= 0.3 is 0 Å². The Kier molecular flexibility index (Phi) is 6.96. The Labute approximate surface area is 328 Å². The third-order valence-corrected chi connectivity index (χ3v) is 11.7. The maximum absolute atomic E-state index is 6.49. The second kappa shape index (κ2) is 12.5. The molecule has 0 unspecified atom stereocenters. The number of furan rings is 2. The van der Waals surface area contributed by atoms with Crippen molar-refractivity contribution >= 4 is 75.5 Å². The van der Waals surface area contributed by atoms with Crippen LogP contribution in [-0.2, 0) is 0 Å². The first-order valence-corrected chi connectivity index (χ1v) is 19.5. The average molecular weight is 750 g/mol. The van der Waals surface area contributed by atoms with E-state index in [1.54, 1.807) is 11.3 Å². The van der Waals surface area contributed by atoms with Crippen molar-refractivity contribution in [3.63, 3.8) is 0 Å². The van der Waals surface area contributed by atoms with Crippen molar-refractivity contribution in [3.05, 3.63) is 164 Å². The molecule has 5 aromatic heterocycles. The first-order chi connectivity index (χ1) is 28.2. The smallest absolute Gasteiger partial charge is 0.180 e. The lowest BCUT2D eigenvalue weighted by Crippen LogP contribution is -2.00. The minimum absolute atomic E-state index is 0.568. The van der Waals surface area contributed by atoms with E-state index < -0.39 is 0 Å². The molecule has 0 spiro atoms. The van der Waals surface area contributed by atoms with Gasteiger partial charge in [0.15, 0.2) is 28.9 Å². The molecule has 7 nitrogen and oxygen atoms in total. The number of hydrogen-bond acceptors (Lipinski definition) is 8. The molecule has 57 heavy (non-hydrogen) atoms. The Balaban J connectivity index is 1.06. The summed E-state index contributed by atoms with van der Waals surface area (Å²) in [5.74, 6) is 2.36. The zero-order valence-corrected chi connectivity index (χ0v) is 30.9. The fraction of sp³-hybridized carbons (Fsp3) is 0. The van der Waals surface area contributed by atoms with Crippen molar-refractivity contribution in [3.8, 4) is 56.8 Å². The van der Waals surface area contributed by atoms with Crippen molar-refractivity contribution in [2.75, 3.05) is 0 Å². The van der Waals surface area contributed by atoms with Gasteiger partial charge in [0, 0.05) is 64.1 Å². The highest BCUT2D eigenvalue weighted by molar-refractivity contribution is 7.25. The number of benzene rings is 7. The topological polar surface area (TPSA) is 90.7 Å². The van der Waals surface area contributed by atoms with E-state index in [9.17, 15) is 0 Å². The summed E-state index contributed by atoms with van der Waals surface area (Å²) in [6, 6.07) is 55.3. The zero-order valence-electron chi connectivity index (χ0n) is 30.0. The second-order valence-corrected chi connectivity index (χ2v) is 15.1. The third-order valence-electron chi connectivity index (χ3n) is 10.6. The molecule has 8 heteroatoms. The minimum Gasteiger partial charge on any atom is -0.456 e. The second-order valence-electron chi connectivity index (χ2n) is 14.0. The van der Waals surface area contributed by atoms with Gasteiger partial charge in [0.25, 0.3) is 0 Å². The molecular formula is C49H27N5O2S. The molecule has 0 bridgehead atoms. The monoisotopic (exact) mass is 749 g/mol. The predicted octanol–water partition coefficient (Wildman–Crippen LogP) is 13.2. The van der Waals surface area contributed by atoms with Crippen molar-refractivity contribution < 1.29 is 8.83 Å². The largest absolute Gasteiger partial charge is 0.456 e. The van der Waals surface area contributed by atoms with Crippen LogP contribution >= 0.6 is 11.3 Å². The number of para-hydroxylation sites is 1. The van der Waals surface area contributed by atoms with Crippen LogP contribution < -0.4 is 0 Å². The minimum atomic E-state index is 0.568. The van der Waals surface area contributed by atoms with Gasteiger partial charge in [-0.25, -0.2) is 24.9 Å². The summed E-state index contributed by atoms with van der Waals surface area (Å²) in [5, 5.41) is 5.24. The molecule has 12 rings (SSSR count). The van der Waals surface area contributed by atoms with Crippen LogP contribution in [0.2, 0.25) is 0 Å². The number of thiophene rings is 1. The highest BCUT2D eigenvalue weighted by atomic mass is 32.1. The molecule has 266 valence electrons. The van der Waals surface area contributed by atoms with Crippen LogP contribution in [0.5, 0.6) is 0 Å². The normalized spacial score (nSPS) is 11.9. The van der Waals surface area contributed by atoms with E-state index in [0.29, 0.717) is 28.9 Å². The fourth-order valence-corrected chi connectivity index (χ4v) is 9.02. The molecule has 0 N–H and O–H groups in total. The van der Waals surface area contributed by atoms with Gasteiger partial charge in [0.2, 0.25) is 0 Å². The standard InChI is InChI=1S/C49H27N5O2S/c1-3-12-28(13-4-1)43-45-44(34-17-7-9-19-37(34)56-45)51-49(50-43)35-18-11-20-39-42(35)36-26-30(23-25-38(36)55-39)47-52-46(29-14-5-2-6-15-29)53-48(54-47)31-22-24-33-32-16-8-10-21-40(32)57-41(33)27-31/h1-27H. The summed E-state index contributed by atoms with van der Waals surface area (Å²) < 4.78 is 15.3. The zero-order chi connectivity index (χ0) is 37.5. The number of hydrogen-bond donors (Lipinski definition) is 0. The highest BCUT2D eigenvalue weighted by Crippen LogP contribution is 2.41. The molecule has 0 saturated carbocycles. The fourth-order valence-electron chi connectivity index (χ4n) is 7.87. The van der Waals surface area contributed by atoms with E-state index in [1.165, 1.54) is 20.2 Å². The number of nitrogens with zero attached hydrogens (tertiary/aromatic N) is 5. The van der Waals surface area contributed by atoms with Gasteiger partial charge in [-0.1, -0.05) is 115 Å². The number of aromatic nitrogens is 5. The molecule has 5 heterocycles. The lowest BCUT2D eigenvalue weighted by molar-refractivity contribution is 0.667. The SMILES string of the molecule is c1ccc(-c2nc(-c3ccc4c(c3)sc3ccccc34)nc(-c3ccc4oc5cccc(-c6nc(-c7ccccc7)c7oc8ccccc8c7n6)c5c4c3)n2)cc1. The summed E-state index contributed by atoms with van der Waals surface area (Å²) >= 11 is 1.78. The first-order valence-electron chi connectivity index (χ1n) is 18.7. The molecular weight excluding hydrogens is 723 g/mol. The molecule has 12 aromatic rings. The van der Waals surface area contributed by atoms with Crippen LogP contribution in [0, 0.1) is 0 Å². The van der Waals surface area contributed by atoms with Crippen LogP contribution in [0.25, 0.3) is 121 Å². The molecule has 0 aliphatic carbocycles. The van der Waals surface area contributed by atoms with Crippen LogP contribution in [0.4, 0.5) is 0 Å². The van der Waals surface area contributed by atoms with Gasteiger partial charge < -0.3 is 8.83 Å². The number of rotatable bonds is 5. The van der Waals surface area contributed by atoms with Gasteiger partial charge in [0.05, 0.1) is 0 Å². The van der Waals surface area contributed by atoms with E-state index in [-0.39, 0.29) is 0 Å². The Hall–Kier alpha value is -7.55. The molecule has 0 amide bonds. The van der Waals surface area contributed by atoms with Crippen molar-refractivity contribution in [2.45, 2.75) is 0 Å². The Morgan fingerprint density at radius 1 is 0.368 bits per heavy atom. The van der Waals surface area contributed by atoms with Crippen LogP contribution in [0.3, 0.4) is 0 Å². The van der Waals surface area contributed by atoms with E-state index in [2.05, 4.69) is 54.6 Å². The maximum Gasteiger partial charge on any atom is 0.180 e. The molecule has 0 aliphatic heterocycles. The van der Waals surface area contributed by atoms with Crippen LogP contribution in [-0.4, -0.2) is 24.9 Å². The summed E-state index contributed by atoms with van der Waals surface area (Å²) in [5.41, 5.74) is 8.88. The van der Waals surface area contributed by atoms with Crippen molar-refractivity contribution in [1.29, 1.82) is 0 Å². The summed E-state index contributed by atoms with van der Waals surface area (Å²) in [7, 11) is 0. The van der Waals surface area contributed by atoms with Gasteiger partial charge in [-0.2, -0.15) is 0 Å². The first kappa shape index (κ1) is 31.8. The van der Waals surface area contributed by atoms with E-state index in [4.69, 9.17) is 33.8 Å². The molecule has 0 radical (unpaired) electrons. The molecule has 0 atom stereocenters. The quantitative estimate of drug-likeness (QED) is 0.173. The van der Waals surface area contributed by atoms with Crippen molar-refractivity contribution in [1.82, 2.24) is 24.9 Å². The van der Waals surface area contributed by atoms with Crippen molar-refractivity contribution in [2.24, 2.45) is 0 Å².